The van der Waals surface area contributed by atoms with Crippen molar-refractivity contribution >= 4 is 29.7 Å². The van der Waals surface area contributed by atoms with Crippen LogP contribution in [0.4, 0.5) is 10.1 Å². The third kappa shape index (κ3) is 6.91. The van der Waals surface area contributed by atoms with Gasteiger partial charge in [0, 0.05) is 24.8 Å². The van der Waals surface area contributed by atoms with Crippen LogP contribution < -0.4 is 19.5 Å². The van der Waals surface area contributed by atoms with Gasteiger partial charge in [0.25, 0.3) is 11.8 Å². The lowest BCUT2D eigenvalue weighted by Gasteiger charge is -2.26. The van der Waals surface area contributed by atoms with Gasteiger partial charge in [0.15, 0.2) is 6.61 Å². The predicted octanol–water partition coefficient (Wildman–Crippen LogP) is 5.66. The first kappa shape index (κ1) is 26.7. The molecule has 7 nitrogen and oxygen atoms in total. The quantitative estimate of drug-likeness (QED) is 0.370. The highest BCUT2D eigenvalue weighted by Crippen LogP contribution is 2.31. The van der Waals surface area contributed by atoms with Crippen molar-refractivity contribution in [2.75, 3.05) is 39.2 Å². The molecule has 1 heterocycles. The van der Waals surface area contributed by atoms with Crippen molar-refractivity contribution in [1.29, 1.82) is 0 Å². The zero-order valence-electron chi connectivity index (χ0n) is 21.5. The van der Waals surface area contributed by atoms with Gasteiger partial charge in [-0.3, -0.25) is 9.59 Å². The molecule has 3 aromatic rings. The van der Waals surface area contributed by atoms with Crippen molar-refractivity contribution in [1.82, 2.24) is 4.90 Å². The molecule has 1 aliphatic rings. The maximum absolute atomic E-state index is 13.3. The Kier molecular flexibility index (Phi) is 8.98. The molecule has 198 valence electrons. The van der Waals surface area contributed by atoms with E-state index in [9.17, 15) is 14.0 Å². The van der Waals surface area contributed by atoms with E-state index in [0.717, 1.165) is 31.5 Å². The maximum atomic E-state index is 13.3. The number of halogens is 1. The highest BCUT2D eigenvalue weighted by atomic mass is 19.1. The Morgan fingerprint density at radius 3 is 2.26 bits per heavy atom. The number of likely N-dealkylation sites (tertiary alicyclic amines) is 1. The van der Waals surface area contributed by atoms with Crippen LogP contribution >= 0.6 is 0 Å². The average Bonchev–Trinajstić information content (AvgIpc) is 2.96. The molecule has 4 rings (SSSR count). The fourth-order valence-corrected chi connectivity index (χ4v) is 4.23. The molecule has 0 unspecified atom stereocenters. The number of carbonyl (C=O) groups is 2. The van der Waals surface area contributed by atoms with E-state index in [1.165, 1.54) is 44.9 Å². The van der Waals surface area contributed by atoms with Crippen LogP contribution in [-0.4, -0.2) is 50.6 Å². The molecule has 0 atom stereocenters. The number of hydrogen-bond donors (Lipinski definition) is 1. The Labute approximate surface area is 221 Å². The number of carbonyl (C=O) groups excluding carboxylic acids is 2. The molecule has 0 aliphatic carbocycles. The van der Waals surface area contributed by atoms with Gasteiger partial charge in [-0.2, -0.15) is 0 Å². The predicted molar refractivity (Wildman–Crippen MR) is 145 cm³/mol. The third-order valence-electron chi connectivity index (χ3n) is 6.30. The van der Waals surface area contributed by atoms with Gasteiger partial charge in [-0.05, 0) is 72.9 Å². The lowest BCUT2D eigenvalue weighted by atomic mass is 10.0. The van der Waals surface area contributed by atoms with Crippen LogP contribution in [-0.2, 0) is 4.79 Å². The van der Waals surface area contributed by atoms with Crippen LogP contribution in [0.1, 0.15) is 40.7 Å². The van der Waals surface area contributed by atoms with Crippen LogP contribution in [0.25, 0.3) is 12.2 Å². The molecule has 1 saturated heterocycles. The Morgan fingerprint density at radius 1 is 0.895 bits per heavy atom. The summed E-state index contributed by atoms with van der Waals surface area (Å²) in [5, 5.41) is 2.78. The van der Waals surface area contributed by atoms with E-state index < -0.39 is 11.7 Å². The summed E-state index contributed by atoms with van der Waals surface area (Å²) in [6.45, 7) is 1.61. The molecule has 8 heteroatoms. The van der Waals surface area contributed by atoms with Gasteiger partial charge in [0.2, 0.25) is 0 Å². The van der Waals surface area contributed by atoms with Gasteiger partial charge in [-0.25, -0.2) is 4.39 Å². The molecule has 0 spiro atoms. The maximum Gasteiger partial charge on any atom is 0.260 e. The fourth-order valence-electron chi connectivity index (χ4n) is 4.23. The molecule has 0 saturated carbocycles. The van der Waals surface area contributed by atoms with Gasteiger partial charge in [-0.15, -0.1) is 0 Å². The van der Waals surface area contributed by atoms with Crippen molar-refractivity contribution < 1.29 is 28.2 Å². The Bertz CT molecular complexity index is 1280. The minimum Gasteiger partial charge on any atom is -0.497 e. The van der Waals surface area contributed by atoms with Gasteiger partial charge >= 0.3 is 0 Å². The highest BCUT2D eigenvalue weighted by molar-refractivity contribution is 6.09. The van der Waals surface area contributed by atoms with E-state index in [1.807, 2.05) is 23.1 Å². The summed E-state index contributed by atoms with van der Waals surface area (Å²) in [5.41, 5.74) is 2.21. The van der Waals surface area contributed by atoms with Gasteiger partial charge in [0.05, 0.1) is 19.8 Å². The molecule has 1 N–H and O–H groups in total. The van der Waals surface area contributed by atoms with E-state index in [1.54, 1.807) is 30.3 Å². The summed E-state index contributed by atoms with van der Waals surface area (Å²) in [6.07, 6.45) is 6.90. The first-order valence-electron chi connectivity index (χ1n) is 12.5. The minimum absolute atomic E-state index is 0.00656. The first-order chi connectivity index (χ1) is 18.5. The number of rotatable bonds is 9. The number of hydrogen-bond acceptors (Lipinski definition) is 5. The number of nitrogens with one attached hydrogen (secondary N) is 1. The van der Waals surface area contributed by atoms with Crippen LogP contribution in [0, 0.1) is 5.82 Å². The zero-order chi connectivity index (χ0) is 26.9. The molecule has 3 aromatic carbocycles. The Morgan fingerprint density at radius 2 is 1.61 bits per heavy atom. The lowest BCUT2D eigenvalue weighted by molar-refractivity contribution is -0.134. The van der Waals surface area contributed by atoms with E-state index in [-0.39, 0.29) is 12.5 Å². The first-order valence-corrected chi connectivity index (χ1v) is 12.5. The minimum atomic E-state index is -0.405. The monoisotopic (exact) mass is 518 g/mol. The molecule has 38 heavy (non-hydrogen) atoms. The van der Waals surface area contributed by atoms with Gasteiger partial charge in [0.1, 0.15) is 23.1 Å². The van der Waals surface area contributed by atoms with Crippen LogP contribution in [0.5, 0.6) is 17.2 Å². The largest absolute Gasteiger partial charge is 0.497 e. The third-order valence-corrected chi connectivity index (χ3v) is 6.30. The SMILES string of the molecule is COc1cc(C=Cc2ccc(OCC(=O)N3CCCCC3)cc2)c(C(=O)Nc2ccc(F)cc2)c(OC)c1. The molecule has 0 bridgehead atoms. The van der Waals surface area contributed by atoms with E-state index in [2.05, 4.69) is 5.32 Å². The second-order valence-corrected chi connectivity index (χ2v) is 8.89. The fraction of sp³-hybridized carbons (Fsp3) is 0.267. The van der Waals surface area contributed by atoms with Gasteiger partial charge < -0.3 is 24.4 Å². The number of benzene rings is 3. The molecule has 0 aromatic heterocycles. The normalized spacial score (nSPS) is 13.3. The van der Waals surface area contributed by atoms with Crippen molar-refractivity contribution in [3.05, 3.63) is 83.2 Å². The number of piperidine rings is 1. The average molecular weight is 519 g/mol. The molecule has 2 amide bonds. The van der Waals surface area contributed by atoms with Gasteiger partial charge in [-0.1, -0.05) is 24.3 Å². The highest BCUT2D eigenvalue weighted by Gasteiger charge is 2.19. The van der Waals surface area contributed by atoms with Crippen molar-refractivity contribution in [3.8, 4) is 17.2 Å². The van der Waals surface area contributed by atoms with Crippen LogP contribution in [0.15, 0.2) is 60.7 Å². The molecule has 1 fully saturated rings. The summed E-state index contributed by atoms with van der Waals surface area (Å²) >= 11 is 0. The Hall–Kier alpha value is -4.33. The summed E-state index contributed by atoms with van der Waals surface area (Å²) in [4.78, 5) is 27.4. The van der Waals surface area contributed by atoms with Crippen LogP contribution in [0.2, 0.25) is 0 Å². The molecule has 0 radical (unpaired) electrons. The smallest absolute Gasteiger partial charge is 0.260 e. The Balaban J connectivity index is 1.49. The summed E-state index contributed by atoms with van der Waals surface area (Å²) < 4.78 is 29.8. The zero-order valence-corrected chi connectivity index (χ0v) is 21.5. The number of ether oxygens (including phenoxy) is 3. The second-order valence-electron chi connectivity index (χ2n) is 8.89. The lowest BCUT2D eigenvalue weighted by Crippen LogP contribution is -2.38. The van der Waals surface area contributed by atoms with Crippen molar-refractivity contribution in [3.63, 3.8) is 0 Å². The van der Waals surface area contributed by atoms with Crippen molar-refractivity contribution in [2.45, 2.75) is 19.3 Å². The second kappa shape index (κ2) is 12.8. The molecule has 1 aliphatic heterocycles. The summed E-state index contributed by atoms with van der Waals surface area (Å²) in [5.74, 6) is 0.686. The van der Waals surface area contributed by atoms with E-state index in [0.29, 0.717) is 34.1 Å². The summed E-state index contributed by atoms with van der Waals surface area (Å²) in [6, 6.07) is 16.2. The van der Waals surface area contributed by atoms with E-state index in [4.69, 9.17) is 14.2 Å². The number of amides is 2. The topological polar surface area (TPSA) is 77.1 Å². The molecular formula is C30H31FN2O5. The number of anilines is 1. The number of methoxy groups -OCH3 is 2. The standard InChI is InChI=1S/C30H31FN2O5/c1-36-26-18-22(29(27(19-26)37-2)30(35)32-24-12-10-23(31)11-13-24)9-6-21-7-14-25(15-8-21)38-20-28(34)33-16-4-3-5-17-33/h6-15,18-19H,3-5,16-17,20H2,1-2H3,(H,32,35). The van der Waals surface area contributed by atoms with Crippen molar-refractivity contribution in [2.24, 2.45) is 0 Å². The number of nitrogens with zero attached hydrogens (tertiary/aromatic N) is 1. The molecular weight excluding hydrogens is 487 g/mol. The van der Waals surface area contributed by atoms with Crippen LogP contribution in [0.3, 0.4) is 0 Å². The van der Waals surface area contributed by atoms with E-state index >= 15 is 0 Å². The summed E-state index contributed by atoms with van der Waals surface area (Å²) in [7, 11) is 3.01.